The highest BCUT2D eigenvalue weighted by Crippen LogP contribution is 2.29. The van der Waals surface area contributed by atoms with Crippen molar-refractivity contribution in [2.45, 2.75) is 50.7 Å². The molecule has 1 fully saturated rings. The third kappa shape index (κ3) is 6.71. The van der Waals surface area contributed by atoms with E-state index < -0.39 is 16.1 Å². The first-order valence-electron chi connectivity index (χ1n) is 11.3. The molecule has 2 N–H and O–H groups in total. The van der Waals surface area contributed by atoms with Crippen LogP contribution in [0.15, 0.2) is 53.4 Å². The number of rotatable bonds is 9. The van der Waals surface area contributed by atoms with Crippen molar-refractivity contribution in [2.75, 3.05) is 25.0 Å². The molecule has 34 heavy (non-hydrogen) atoms. The number of anilines is 1. The zero-order valence-corrected chi connectivity index (χ0v) is 20.4. The summed E-state index contributed by atoms with van der Waals surface area (Å²) in [5.41, 5.74) is 0.490. The average molecular weight is 490 g/mol. The third-order valence-electron chi connectivity index (χ3n) is 5.38. The minimum Gasteiger partial charge on any atom is -0.490 e. The summed E-state index contributed by atoms with van der Waals surface area (Å²) in [5.74, 6) is 0.837. The second kappa shape index (κ2) is 11.3. The van der Waals surface area contributed by atoms with Gasteiger partial charge in [0.05, 0.1) is 17.5 Å². The normalized spacial score (nSPS) is 15.4. The summed E-state index contributed by atoms with van der Waals surface area (Å²) in [7, 11) is -3.90. The molecule has 2 aromatic rings. The van der Waals surface area contributed by atoms with E-state index in [0.29, 0.717) is 49.7 Å². The first-order chi connectivity index (χ1) is 16.2. The van der Waals surface area contributed by atoms with Gasteiger partial charge in [0.25, 0.3) is 0 Å². The van der Waals surface area contributed by atoms with Gasteiger partial charge >= 0.3 is 0 Å². The van der Waals surface area contributed by atoms with Crippen molar-refractivity contribution in [2.24, 2.45) is 0 Å². The molecule has 3 rings (SSSR count). The van der Waals surface area contributed by atoms with Crippen LogP contribution >= 0.6 is 0 Å². The topological polar surface area (TPSA) is 114 Å². The molecule has 1 aliphatic heterocycles. The summed E-state index contributed by atoms with van der Waals surface area (Å²) in [6.07, 6.45) is 1.21. The highest BCUT2D eigenvalue weighted by molar-refractivity contribution is 7.89. The quantitative estimate of drug-likeness (QED) is 0.560. The smallest absolute Gasteiger partial charge is 0.241 e. The van der Waals surface area contributed by atoms with Crippen molar-refractivity contribution in [3.05, 3.63) is 48.5 Å². The zero-order valence-electron chi connectivity index (χ0n) is 19.6. The number of hydrogen-bond donors (Lipinski definition) is 2. The molecule has 0 unspecified atom stereocenters. The molecule has 0 bridgehead atoms. The predicted octanol–water partition coefficient (Wildman–Crippen LogP) is 2.78. The first-order valence-corrected chi connectivity index (χ1v) is 12.7. The molecule has 9 nitrogen and oxygen atoms in total. The maximum Gasteiger partial charge on any atom is 0.241 e. The van der Waals surface area contributed by atoms with Crippen LogP contribution in [0.25, 0.3) is 0 Å². The predicted molar refractivity (Wildman–Crippen MR) is 128 cm³/mol. The Labute approximate surface area is 200 Å². The molecule has 1 atom stereocenters. The minimum absolute atomic E-state index is 0.0151. The maximum absolute atomic E-state index is 12.9. The Morgan fingerprint density at radius 2 is 1.68 bits per heavy atom. The molecule has 2 amide bonds. The van der Waals surface area contributed by atoms with E-state index in [1.165, 1.54) is 38.1 Å². The van der Waals surface area contributed by atoms with Crippen molar-refractivity contribution < 1.29 is 27.5 Å². The number of carbonyl (C=O) groups is 2. The molecule has 10 heteroatoms. The van der Waals surface area contributed by atoms with Crippen molar-refractivity contribution >= 4 is 27.5 Å². The molecule has 184 valence electrons. The molecule has 0 spiro atoms. The summed E-state index contributed by atoms with van der Waals surface area (Å²) >= 11 is 0. The number of nitrogens with zero attached hydrogens (tertiary/aromatic N) is 1. The Balaban J connectivity index is 1.54. The van der Waals surface area contributed by atoms with Crippen molar-refractivity contribution in [3.8, 4) is 11.5 Å². The summed E-state index contributed by atoms with van der Waals surface area (Å²) < 4.78 is 39.6. The van der Waals surface area contributed by atoms with Crippen LogP contribution in [0.5, 0.6) is 11.5 Å². The van der Waals surface area contributed by atoms with Gasteiger partial charge in [-0.25, -0.2) is 8.42 Å². The fraction of sp³-hybridized carbons (Fsp3) is 0.417. The molecule has 2 aromatic carbocycles. The maximum atomic E-state index is 12.9. The van der Waals surface area contributed by atoms with E-state index in [9.17, 15) is 18.0 Å². The lowest BCUT2D eigenvalue weighted by molar-refractivity contribution is -0.134. The lowest BCUT2D eigenvalue weighted by Crippen LogP contribution is -2.50. The summed E-state index contributed by atoms with van der Waals surface area (Å²) in [6, 6.07) is 12.3. The molecule has 1 saturated heterocycles. The SMILES string of the molecule is CCOc1ccccc1OC1CCN(C(=O)[C@H](C)NS(=O)(=O)c2ccc(NC(C)=O)cc2)CC1. The standard InChI is InChI=1S/C24H31N3O6S/c1-4-32-22-7-5-6-8-23(22)33-20-13-15-27(16-14-20)24(29)17(2)26-34(30,31)21-11-9-19(10-12-21)25-18(3)28/h5-12,17,20,26H,4,13-16H2,1-3H3,(H,25,28)/t17-/m0/s1. The lowest BCUT2D eigenvalue weighted by Gasteiger charge is -2.34. The van der Waals surface area contributed by atoms with Crippen LogP contribution in [0.1, 0.15) is 33.6 Å². The zero-order chi connectivity index (χ0) is 24.7. The summed E-state index contributed by atoms with van der Waals surface area (Å²) in [5, 5.41) is 2.58. The highest BCUT2D eigenvalue weighted by Gasteiger charge is 2.30. The van der Waals surface area contributed by atoms with Gasteiger partial charge in [0, 0.05) is 38.5 Å². The Morgan fingerprint density at radius 1 is 1.06 bits per heavy atom. The first kappa shape index (κ1) is 25.5. The van der Waals surface area contributed by atoms with Crippen LogP contribution in [0.4, 0.5) is 5.69 Å². The van der Waals surface area contributed by atoms with Gasteiger partial charge in [-0.3, -0.25) is 9.59 Å². The Morgan fingerprint density at radius 3 is 2.26 bits per heavy atom. The van der Waals surface area contributed by atoms with Crippen LogP contribution in [-0.4, -0.2) is 57.0 Å². The van der Waals surface area contributed by atoms with E-state index in [2.05, 4.69) is 10.0 Å². The van der Waals surface area contributed by atoms with Gasteiger partial charge in [0.15, 0.2) is 11.5 Å². The van der Waals surface area contributed by atoms with Crippen LogP contribution in [0.2, 0.25) is 0 Å². The van der Waals surface area contributed by atoms with Gasteiger partial charge in [0.1, 0.15) is 6.10 Å². The number of amides is 2. The van der Waals surface area contributed by atoms with E-state index in [1.807, 2.05) is 31.2 Å². The number of para-hydroxylation sites is 2. The number of hydrogen-bond acceptors (Lipinski definition) is 6. The van der Waals surface area contributed by atoms with Crippen molar-refractivity contribution in [1.29, 1.82) is 0 Å². The van der Waals surface area contributed by atoms with Crippen molar-refractivity contribution in [1.82, 2.24) is 9.62 Å². The number of sulfonamides is 1. The Bertz CT molecular complexity index is 1100. The fourth-order valence-corrected chi connectivity index (χ4v) is 4.94. The lowest BCUT2D eigenvalue weighted by atomic mass is 10.1. The molecule has 0 aliphatic carbocycles. The van der Waals surface area contributed by atoms with Gasteiger partial charge in [-0.2, -0.15) is 4.72 Å². The summed E-state index contributed by atoms with van der Waals surface area (Å²) in [6.45, 7) is 6.30. The Kier molecular flexibility index (Phi) is 8.51. The average Bonchev–Trinajstić information content (AvgIpc) is 2.80. The fourth-order valence-electron chi connectivity index (χ4n) is 3.74. The number of carbonyl (C=O) groups excluding carboxylic acids is 2. The van der Waals surface area contributed by atoms with Gasteiger partial charge in [-0.05, 0) is 50.2 Å². The minimum atomic E-state index is -3.90. The van der Waals surface area contributed by atoms with E-state index in [4.69, 9.17) is 9.47 Å². The van der Waals surface area contributed by atoms with Crippen LogP contribution in [0, 0.1) is 0 Å². The number of ether oxygens (including phenoxy) is 2. The molecule has 0 saturated carbocycles. The van der Waals surface area contributed by atoms with E-state index in [0.717, 1.165) is 0 Å². The number of benzene rings is 2. The van der Waals surface area contributed by atoms with Crippen molar-refractivity contribution in [3.63, 3.8) is 0 Å². The van der Waals surface area contributed by atoms with E-state index in [-0.39, 0.29) is 22.8 Å². The molecule has 0 aromatic heterocycles. The Hall–Kier alpha value is -3.11. The van der Waals surface area contributed by atoms with Crippen LogP contribution in [0.3, 0.4) is 0 Å². The second-order valence-corrected chi connectivity index (χ2v) is 9.78. The molecular formula is C24H31N3O6S. The number of piperidine rings is 1. The molecule has 0 radical (unpaired) electrons. The number of likely N-dealkylation sites (tertiary alicyclic amines) is 1. The third-order valence-corrected chi connectivity index (χ3v) is 6.94. The van der Waals surface area contributed by atoms with E-state index in [1.54, 1.807) is 4.90 Å². The van der Waals surface area contributed by atoms with E-state index >= 15 is 0 Å². The monoisotopic (exact) mass is 489 g/mol. The van der Waals surface area contributed by atoms with Gasteiger partial charge in [-0.15, -0.1) is 0 Å². The number of nitrogens with one attached hydrogen (secondary N) is 2. The molecule has 1 heterocycles. The molecule has 1 aliphatic rings. The highest BCUT2D eigenvalue weighted by atomic mass is 32.2. The summed E-state index contributed by atoms with van der Waals surface area (Å²) in [4.78, 5) is 25.7. The van der Waals surface area contributed by atoms with Gasteiger partial charge < -0.3 is 19.7 Å². The second-order valence-electron chi connectivity index (χ2n) is 8.07. The van der Waals surface area contributed by atoms with Crippen LogP contribution in [-0.2, 0) is 19.6 Å². The van der Waals surface area contributed by atoms with Gasteiger partial charge in [0.2, 0.25) is 21.8 Å². The largest absolute Gasteiger partial charge is 0.490 e. The van der Waals surface area contributed by atoms with Gasteiger partial charge in [-0.1, -0.05) is 12.1 Å². The molecular weight excluding hydrogens is 458 g/mol. The van der Waals surface area contributed by atoms with Crippen LogP contribution < -0.4 is 19.5 Å².